The Bertz CT molecular complexity index is 181. The molecule has 1 fully saturated rings. The molecule has 0 aromatic heterocycles. The van der Waals surface area contributed by atoms with Crippen molar-refractivity contribution in [1.82, 2.24) is 5.32 Å². The minimum Gasteiger partial charge on any atom is -0.354 e. The topological polar surface area (TPSA) is 29.1 Å². The lowest BCUT2D eigenvalue weighted by atomic mass is 9.69. The molecule has 1 rings (SSSR count). The normalized spacial score (nSPS) is 27.5. The maximum atomic E-state index is 11.5. The van der Waals surface area contributed by atoms with Crippen molar-refractivity contribution in [3.63, 3.8) is 0 Å². The molecule has 1 N–H and O–H groups in total. The molecule has 1 amide bonds. The molecule has 0 heterocycles. The smallest absolute Gasteiger partial charge is 0.223 e. The van der Waals surface area contributed by atoms with Gasteiger partial charge in [-0.05, 0) is 38.5 Å². The molecule has 0 atom stereocenters. The average Bonchev–Trinajstić information content (AvgIpc) is 1.79. The van der Waals surface area contributed by atoms with Crippen LogP contribution in [-0.4, -0.2) is 11.9 Å². The van der Waals surface area contributed by atoms with Crippen molar-refractivity contribution in [1.29, 1.82) is 0 Å². The zero-order chi connectivity index (χ0) is 10.0. The number of carbonyl (C=O) groups is 1. The van der Waals surface area contributed by atoms with Gasteiger partial charge in [0.2, 0.25) is 5.91 Å². The predicted octanol–water partition coefficient (Wildman–Crippen LogP) is 2.19. The van der Waals surface area contributed by atoms with Gasteiger partial charge in [-0.3, -0.25) is 4.79 Å². The minimum atomic E-state index is 0.256. The highest BCUT2D eigenvalue weighted by molar-refractivity contribution is 5.79. The Morgan fingerprint density at radius 1 is 1.23 bits per heavy atom. The number of rotatable bonds is 3. The van der Waals surface area contributed by atoms with E-state index in [4.69, 9.17) is 0 Å². The SMILES string of the molecule is CC(C)NC(=O)C1CC(C(C)C)C1. The van der Waals surface area contributed by atoms with Gasteiger partial charge in [-0.1, -0.05) is 13.8 Å². The Kier molecular flexibility index (Phi) is 3.34. The number of hydrogen-bond acceptors (Lipinski definition) is 1. The molecule has 0 radical (unpaired) electrons. The maximum absolute atomic E-state index is 11.5. The van der Waals surface area contributed by atoms with Crippen LogP contribution in [-0.2, 0) is 4.79 Å². The van der Waals surface area contributed by atoms with Crippen LogP contribution < -0.4 is 5.32 Å². The highest BCUT2D eigenvalue weighted by Gasteiger charge is 2.35. The fourth-order valence-electron chi connectivity index (χ4n) is 1.82. The van der Waals surface area contributed by atoms with E-state index in [2.05, 4.69) is 19.2 Å². The number of hydrogen-bond donors (Lipinski definition) is 1. The molecule has 1 aliphatic rings. The molecule has 0 aliphatic heterocycles. The molecule has 1 aliphatic carbocycles. The highest BCUT2D eigenvalue weighted by Crippen LogP contribution is 2.38. The van der Waals surface area contributed by atoms with Crippen molar-refractivity contribution in [3.8, 4) is 0 Å². The first-order valence-corrected chi connectivity index (χ1v) is 5.31. The summed E-state index contributed by atoms with van der Waals surface area (Å²) < 4.78 is 0. The first-order valence-electron chi connectivity index (χ1n) is 5.31. The fourth-order valence-corrected chi connectivity index (χ4v) is 1.82. The lowest BCUT2D eigenvalue weighted by Crippen LogP contribution is -2.42. The summed E-state index contributed by atoms with van der Waals surface area (Å²) in [6.45, 7) is 8.50. The van der Waals surface area contributed by atoms with Gasteiger partial charge in [0.15, 0.2) is 0 Å². The van der Waals surface area contributed by atoms with Crippen LogP contribution in [0.1, 0.15) is 40.5 Å². The molecule has 0 unspecified atom stereocenters. The van der Waals surface area contributed by atoms with Crippen LogP contribution in [0, 0.1) is 17.8 Å². The van der Waals surface area contributed by atoms with Gasteiger partial charge >= 0.3 is 0 Å². The van der Waals surface area contributed by atoms with Gasteiger partial charge in [0.25, 0.3) is 0 Å². The van der Waals surface area contributed by atoms with E-state index in [1.54, 1.807) is 0 Å². The van der Waals surface area contributed by atoms with E-state index in [1.807, 2.05) is 13.8 Å². The molecule has 76 valence electrons. The molecule has 13 heavy (non-hydrogen) atoms. The van der Waals surface area contributed by atoms with E-state index < -0.39 is 0 Å². The van der Waals surface area contributed by atoms with Gasteiger partial charge in [-0.25, -0.2) is 0 Å². The van der Waals surface area contributed by atoms with Crippen LogP contribution >= 0.6 is 0 Å². The Balaban J connectivity index is 2.23. The lowest BCUT2D eigenvalue weighted by molar-refractivity contribution is -0.130. The summed E-state index contributed by atoms with van der Waals surface area (Å²) in [6.07, 6.45) is 2.19. The Morgan fingerprint density at radius 3 is 2.15 bits per heavy atom. The van der Waals surface area contributed by atoms with E-state index in [-0.39, 0.29) is 11.9 Å². The van der Waals surface area contributed by atoms with Gasteiger partial charge in [0, 0.05) is 12.0 Å². The molecule has 0 aromatic rings. The van der Waals surface area contributed by atoms with Crippen molar-refractivity contribution in [2.24, 2.45) is 17.8 Å². The Morgan fingerprint density at radius 2 is 1.77 bits per heavy atom. The van der Waals surface area contributed by atoms with Gasteiger partial charge < -0.3 is 5.32 Å². The summed E-state index contributed by atoms with van der Waals surface area (Å²) in [5.41, 5.74) is 0. The lowest BCUT2D eigenvalue weighted by Gasteiger charge is -2.37. The van der Waals surface area contributed by atoms with Crippen LogP contribution in [0.25, 0.3) is 0 Å². The van der Waals surface area contributed by atoms with Crippen molar-refractivity contribution >= 4 is 5.91 Å². The monoisotopic (exact) mass is 183 g/mol. The summed E-state index contributed by atoms with van der Waals surface area (Å²) in [4.78, 5) is 11.5. The third-order valence-corrected chi connectivity index (χ3v) is 2.92. The zero-order valence-corrected chi connectivity index (χ0v) is 9.13. The van der Waals surface area contributed by atoms with Crippen LogP contribution in [0.15, 0.2) is 0 Å². The zero-order valence-electron chi connectivity index (χ0n) is 9.13. The van der Waals surface area contributed by atoms with E-state index in [1.165, 1.54) is 0 Å². The van der Waals surface area contributed by atoms with E-state index in [9.17, 15) is 4.79 Å². The predicted molar refractivity (Wildman–Crippen MR) is 54.3 cm³/mol. The Hall–Kier alpha value is -0.530. The van der Waals surface area contributed by atoms with E-state index in [0.29, 0.717) is 5.92 Å². The van der Waals surface area contributed by atoms with E-state index in [0.717, 1.165) is 24.7 Å². The molecule has 0 saturated heterocycles. The summed E-state index contributed by atoms with van der Waals surface area (Å²) in [6, 6.07) is 0.283. The minimum absolute atomic E-state index is 0.256. The van der Waals surface area contributed by atoms with Crippen LogP contribution in [0.2, 0.25) is 0 Å². The van der Waals surface area contributed by atoms with Gasteiger partial charge in [0.05, 0.1) is 0 Å². The summed E-state index contributed by atoms with van der Waals surface area (Å²) in [5, 5.41) is 2.97. The molecule has 0 bridgehead atoms. The van der Waals surface area contributed by atoms with Crippen molar-refractivity contribution in [3.05, 3.63) is 0 Å². The number of nitrogens with one attached hydrogen (secondary N) is 1. The van der Waals surface area contributed by atoms with Crippen LogP contribution in [0.3, 0.4) is 0 Å². The molecule has 2 nitrogen and oxygen atoms in total. The molecular weight excluding hydrogens is 162 g/mol. The quantitative estimate of drug-likeness (QED) is 0.714. The summed E-state index contributed by atoms with van der Waals surface area (Å²) in [5.74, 6) is 2.08. The maximum Gasteiger partial charge on any atom is 0.223 e. The summed E-state index contributed by atoms with van der Waals surface area (Å²) in [7, 11) is 0. The standard InChI is InChI=1S/C11H21NO/c1-7(2)9-5-10(6-9)11(13)12-8(3)4/h7-10H,5-6H2,1-4H3,(H,12,13). The second kappa shape index (κ2) is 4.12. The van der Waals surface area contributed by atoms with Crippen LogP contribution in [0.5, 0.6) is 0 Å². The Labute approximate surface area is 81.1 Å². The second-order valence-electron chi connectivity index (χ2n) is 4.84. The number of amides is 1. The van der Waals surface area contributed by atoms with Gasteiger partial charge in [-0.15, -0.1) is 0 Å². The van der Waals surface area contributed by atoms with Crippen LogP contribution in [0.4, 0.5) is 0 Å². The highest BCUT2D eigenvalue weighted by atomic mass is 16.1. The second-order valence-corrected chi connectivity index (χ2v) is 4.84. The van der Waals surface area contributed by atoms with Crippen molar-refractivity contribution in [2.75, 3.05) is 0 Å². The number of carbonyl (C=O) groups excluding carboxylic acids is 1. The first kappa shape index (κ1) is 10.6. The fraction of sp³-hybridized carbons (Fsp3) is 0.909. The first-order chi connectivity index (χ1) is 6.00. The van der Waals surface area contributed by atoms with Gasteiger partial charge in [0.1, 0.15) is 0 Å². The molecule has 0 spiro atoms. The van der Waals surface area contributed by atoms with Crippen molar-refractivity contribution in [2.45, 2.75) is 46.6 Å². The third kappa shape index (κ3) is 2.71. The molecular formula is C11H21NO. The third-order valence-electron chi connectivity index (χ3n) is 2.92. The molecule has 1 saturated carbocycles. The molecule has 0 aromatic carbocycles. The largest absolute Gasteiger partial charge is 0.354 e. The van der Waals surface area contributed by atoms with Gasteiger partial charge in [-0.2, -0.15) is 0 Å². The molecule has 2 heteroatoms. The van der Waals surface area contributed by atoms with Crippen molar-refractivity contribution < 1.29 is 4.79 Å². The van der Waals surface area contributed by atoms with E-state index >= 15 is 0 Å². The summed E-state index contributed by atoms with van der Waals surface area (Å²) >= 11 is 0. The average molecular weight is 183 g/mol.